The zero-order valence-electron chi connectivity index (χ0n) is 27.4. The van der Waals surface area contributed by atoms with Gasteiger partial charge in [0.15, 0.2) is 0 Å². The Morgan fingerprint density at radius 1 is 0.340 bits per heavy atom. The highest BCUT2D eigenvalue weighted by Crippen LogP contribution is 2.44. The molecule has 246 valence electrons. The van der Waals surface area contributed by atoms with E-state index in [1.807, 2.05) is 24.3 Å². The average molecular weight is 665 g/mol. The number of ether oxygens (including phenoxy) is 4. The lowest BCUT2D eigenvalue weighted by atomic mass is 9.92. The number of carbonyl (C=O) groups is 4. The molecule has 0 atom stereocenters. The summed E-state index contributed by atoms with van der Waals surface area (Å²) in [5, 5.41) is 2.13. The van der Waals surface area contributed by atoms with Crippen LogP contribution in [0.25, 0.3) is 32.7 Å². The largest absolute Gasteiger partial charge is 0.496 e. The number of benzene rings is 6. The highest BCUT2D eigenvalue weighted by Gasteiger charge is 2.37. The molecule has 0 fully saturated rings. The van der Waals surface area contributed by atoms with Crippen LogP contribution in [-0.2, 0) is 0 Å². The lowest BCUT2D eigenvalue weighted by molar-refractivity contribution is 0.0877. The third-order valence-corrected chi connectivity index (χ3v) is 9.37. The smallest absolute Gasteiger partial charge is 0.265 e. The Kier molecular flexibility index (Phi) is 7.04. The maximum absolute atomic E-state index is 13.8. The monoisotopic (exact) mass is 664 g/mol. The molecule has 10 heteroatoms. The standard InChI is InChI=1S/C40H28N2O8/c1-47-29-17-13-25-33-26(14-18-30(48-2)35(29)33)38(44)41(37(25)43)23-9-5-21(6-10-23)22-7-11-24(12-8-22)42-39(45)27-15-19-31(49-3)36-32(50-4)20-16-28(34(27)36)40(42)46/h5-20H,1-4H3. The molecule has 50 heavy (non-hydrogen) atoms. The first-order chi connectivity index (χ1) is 24.3. The first kappa shape index (κ1) is 30.6. The molecule has 8 rings (SSSR count). The van der Waals surface area contributed by atoms with Gasteiger partial charge >= 0.3 is 0 Å². The van der Waals surface area contributed by atoms with E-state index in [4.69, 9.17) is 18.9 Å². The van der Waals surface area contributed by atoms with Gasteiger partial charge in [-0.1, -0.05) is 24.3 Å². The van der Waals surface area contributed by atoms with Crippen molar-refractivity contribution >= 4 is 56.5 Å². The van der Waals surface area contributed by atoms with Gasteiger partial charge in [-0.05, 0) is 83.9 Å². The van der Waals surface area contributed by atoms with Crippen LogP contribution in [0.5, 0.6) is 23.0 Å². The summed E-state index contributed by atoms with van der Waals surface area (Å²) in [7, 11) is 6.11. The summed E-state index contributed by atoms with van der Waals surface area (Å²) in [4.78, 5) is 57.4. The summed E-state index contributed by atoms with van der Waals surface area (Å²) in [5.74, 6) is 0.203. The molecule has 0 spiro atoms. The maximum Gasteiger partial charge on any atom is 0.265 e. The average Bonchev–Trinajstić information content (AvgIpc) is 3.15. The molecule has 10 nitrogen and oxygen atoms in total. The van der Waals surface area contributed by atoms with Crippen molar-refractivity contribution in [3.05, 3.63) is 119 Å². The van der Waals surface area contributed by atoms with E-state index in [2.05, 4.69) is 0 Å². The fourth-order valence-corrected chi connectivity index (χ4v) is 7.00. The molecule has 0 aliphatic carbocycles. The third kappa shape index (κ3) is 4.28. The van der Waals surface area contributed by atoms with Crippen molar-refractivity contribution in [2.24, 2.45) is 0 Å². The second kappa shape index (κ2) is 11.5. The highest BCUT2D eigenvalue weighted by atomic mass is 16.5. The molecule has 0 aromatic heterocycles. The van der Waals surface area contributed by atoms with Gasteiger partial charge in [0.05, 0.1) is 50.6 Å². The van der Waals surface area contributed by atoms with Gasteiger partial charge in [0, 0.05) is 33.0 Å². The molecule has 2 heterocycles. The highest BCUT2D eigenvalue weighted by molar-refractivity contribution is 6.37. The fourth-order valence-electron chi connectivity index (χ4n) is 7.00. The van der Waals surface area contributed by atoms with Gasteiger partial charge in [-0.2, -0.15) is 0 Å². The minimum atomic E-state index is -0.453. The molecule has 0 radical (unpaired) electrons. The van der Waals surface area contributed by atoms with E-state index >= 15 is 0 Å². The number of hydrogen-bond donors (Lipinski definition) is 0. The van der Waals surface area contributed by atoms with Crippen molar-refractivity contribution in [1.82, 2.24) is 0 Å². The Balaban J connectivity index is 1.09. The minimum absolute atomic E-state index is 0.368. The number of carbonyl (C=O) groups excluding carboxylic acids is 4. The van der Waals surface area contributed by atoms with Crippen LogP contribution in [0.3, 0.4) is 0 Å². The van der Waals surface area contributed by atoms with Crippen LogP contribution in [0.15, 0.2) is 97.1 Å². The lowest BCUT2D eigenvalue weighted by Gasteiger charge is -2.28. The molecular weight excluding hydrogens is 636 g/mol. The molecule has 0 N–H and O–H groups in total. The van der Waals surface area contributed by atoms with Crippen molar-refractivity contribution < 1.29 is 38.1 Å². The van der Waals surface area contributed by atoms with Crippen LogP contribution in [-0.4, -0.2) is 52.1 Å². The molecule has 0 saturated carbocycles. The van der Waals surface area contributed by atoms with Gasteiger partial charge in [-0.15, -0.1) is 0 Å². The normalized spacial score (nSPS) is 13.7. The van der Waals surface area contributed by atoms with Crippen molar-refractivity contribution in [1.29, 1.82) is 0 Å². The Morgan fingerprint density at radius 3 is 0.840 bits per heavy atom. The molecule has 2 aliphatic rings. The molecule has 0 unspecified atom stereocenters. The quantitative estimate of drug-likeness (QED) is 0.164. The predicted octanol–water partition coefficient (Wildman–Crippen LogP) is 7.30. The number of anilines is 2. The fraction of sp³-hybridized carbons (Fsp3) is 0.100. The minimum Gasteiger partial charge on any atom is -0.496 e. The van der Waals surface area contributed by atoms with Gasteiger partial charge in [0.25, 0.3) is 23.6 Å². The summed E-state index contributed by atoms with van der Waals surface area (Å²) in [6.07, 6.45) is 0. The summed E-state index contributed by atoms with van der Waals surface area (Å²) in [5.41, 5.74) is 3.91. The van der Waals surface area contributed by atoms with Crippen molar-refractivity contribution in [2.45, 2.75) is 0 Å². The molecule has 2 aliphatic heterocycles. The second-order valence-electron chi connectivity index (χ2n) is 11.7. The molecule has 6 aromatic carbocycles. The number of amides is 4. The van der Waals surface area contributed by atoms with E-state index in [1.165, 1.54) is 38.2 Å². The number of hydrogen-bond acceptors (Lipinski definition) is 8. The van der Waals surface area contributed by atoms with E-state index in [0.717, 1.165) is 11.1 Å². The van der Waals surface area contributed by atoms with Crippen molar-refractivity contribution in [2.75, 3.05) is 38.2 Å². The zero-order valence-corrected chi connectivity index (χ0v) is 27.4. The van der Waals surface area contributed by atoms with Crippen LogP contribution >= 0.6 is 0 Å². The second-order valence-corrected chi connectivity index (χ2v) is 11.7. The van der Waals surface area contributed by atoms with Crippen molar-refractivity contribution in [3.63, 3.8) is 0 Å². The Bertz CT molecular complexity index is 2160. The van der Waals surface area contributed by atoms with Crippen molar-refractivity contribution in [3.8, 4) is 34.1 Å². The van der Waals surface area contributed by atoms with Crippen LogP contribution in [0.1, 0.15) is 41.4 Å². The summed E-state index contributed by atoms with van der Waals surface area (Å²) in [6.45, 7) is 0. The van der Waals surface area contributed by atoms with E-state index in [1.54, 1.807) is 72.8 Å². The van der Waals surface area contributed by atoms with E-state index in [-0.39, 0.29) is 0 Å². The number of methoxy groups -OCH3 is 4. The van der Waals surface area contributed by atoms with Gasteiger partial charge in [0.1, 0.15) is 23.0 Å². The zero-order chi connectivity index (χ0) is 34.8. The van der Waals surface area contributed by atoms with Gasteiger partial charge in [-0.3, -0.25) is 19.2 Å². The number of rotatable bonds is 7. The van der Waals surface area contributed by atoms with Gasteiger partial charge in [0.2, 0.25) is 0 Å². The van der Waals surface area contributed by atoms with Crippen LogP contribution in [0, 0.1) is 0 Å². The molecule has 0 saturated heterocycles. The number of imide groups is 2. The SMILES string of the molecule is COc1ccc2c3c(ccc(OC)c13)C(=O)N(c1ccc(-c3ccc(N4C(=O)c5ccc(OC)c6c(OC)ccc(c56)C4=O)cc3)cc1)C2=O. The van der Waals surface area contributed by atoms with Crippen LogP contribution in [0.4, 0.5) is 11.4 Å². The Labute approximate surface area is 285 Å². The van der Waals surface area contributed by atoms with E-state index in [0.29, 0.717) is 78.2 Å². The van der Waals surface area contributed by atoms with Crippen LogP contribution in [0.2, 0.25) is 0 Å². The first-order valence-electron chi connectivity index (χ1n) is 15.6. The third-order valence-electron chi connectivity index (χ3n) is 9.37. The molecule has 0 bridgehead atoms. The van der Waals surface area contributed by atoms with Gasteiger partial charge < -0.3 is 18.9 Å². The molecule has 4 amide bonds. The molecule has 6 aromatic rings. The van der Waals surface area contributed by atoms with Crippen LogP contribution < -0.4 is 28.7 Å². The predicted molar refractivity (Wildman–Crippen MR) is 188 cm³/mol. The Morgan fingerprint density at radius 2 is 0.600 bits per heavy atom. The molecular formula is C40H28N2O8. The maximum atomic E-state index is 13.8. The van der Waals surface area contributed by atoms with E-state index in [9.17, 15) is 19.2 Å². The Hall–Kier alpha value is -6.68. The summed E-state index contributed by atoms with van der Waals surface area (Å²) < 4.78 is 22.1. The summed E-state index contributed by atoms with van der Waals surface area (Å²) in [6, 6.07) is 27.5. The first-order valence-corrected chi connectivity index (χ1v) is 15.6. The summed E-state index contributed by atoms with van der Waals surface area (Å²) >= 11 is 0. The van der Waals surface area contributed by atoms with Gasteiger partial charge in [-0.25, -0.2) is 9.80 Å². The topological polar surface area (TPSA) is 112 Å². The number of nitrogens with zero attached hydrogens (tertiary/aromatic N) is 2. The lowest BCUT2D eigenvalue weighted by Crippen LogP contribution is -2.40. The van der Waals surface area contributed by atoms with E-state index < -0.39 is 23.6 Å².